The van der Waals surface area contributed by atoms with Gasteiger partial charge >= 0.3 is 0 Å². The molecule has 0 spiro atoms. The first kappa shape index (κ1) is 16.7. The van der Waals surface area contributed by atoms with E-state index in [0.29, 0.717) is 18.2 Å². The van der Waals surface area contributed by atoms with E-state index in [-0.39, 0.29) is 0 Å². The number of furan rings is 1. The third-order valence-corrected chi connectivity index (χ3v) is 3.80. The van der Waals surface area contributed by atoms with Crippen molar-refractivity contribution in [2.45, 2.75) is 6.54 Å². The average molecular weight is 358 g/mol. The van der Waals surface area contributed by atoms with Crippen molar-refractivity contribution < 1.29 is 9.15 Å². The zero-order chi connectivity index (χ0) is 18.3. The molecule has 0 bridgehead atoms. The highest BCUT2D eigenvalue weighted by atomic mass is 16.5. The lowest BCUT2D eigenvalue weighted by molar-refractivity contribution is 0.483. The number of aromatic nitrogens is 2. The zero-order valence-electron chi connectivity index (χ0n) is 14.5. The van der Waals surface area contributed by atoms with Crippen LogP contribution in [0.4, 0.5) is 17.3 Å². The molecule has 4 aromatic rings. The van der Waals surface area contributed by atoms with Crippen LogP contribution >= 0.6 is 0 Å². The van der Waals surface area contributed by atoms with E-state index in [0.717, 1.165) is 22.9 Å². The van der Waals surface area contributed by atoms with Gasteiger partial charge in [-0.2, -0.15) is 0 Å². The van der Waals surface area contributed by atoms with Gasteiger partial charge in [0, 0.05) is 11.8 Å². The van der Waals surface area contributed by atoms with Crippen LogP contribution in [0.1, 0.15) is 5.76 Å². The van der Waals surface area contributed by atoms with Crippen molar-refractivity contribution >= 4 is 17.3 Å². The highest BCUT2D eigenvalue weighted by Gasteiger charge is 2.02. The van der Waals surface area contributed by atoms with E-state index >= 15 is 0 Å². The molecule has 2 heterocycles. The summed E-state index contributed by atoms with van der Waals surface area (Å²) < 4.78 is 11.1. The van der Waals surface area contributed by atoms with Crippen LogP contribution in [0.15, 0.2) is 89.8 Å². The van der Waals surface area contributed by atoms with E-state index in [1.807, 2.05) is 72.8 Å². The van der Waals surface area contributed by atoms with E-state index in [4.69, 9.17) is 9.15 Å². The normalized spacial score (nSPS) is 10.4. The Kier molecular flexibility index (Phi) is 4.97. The molecule has 27 heavy (non-hydrogen) atoms. The molecule has 0 saturated heterocycles. The molecule has 2 aromatic heterocycles. The lowest BCUT2D eigenvalue weighted by Gasteiger charge is -2.09. The minimum Gasteiger partial charge on any atom is -0.467 e. The Bertz CT molecular complexity index is 971. The molecule has 0 aliphatic rings. The second-order valence-corrected chi connectivity index (χ2v) is 5.79. The number of anilines is 3. The van der Waals surface area contributed by atoms with Crippen molar-refractivity contribution in [3.05, 3.63) is 91.1 Å². The molecular formula is C21H18N4O2. The Morgan fingerprint density at radius 3 is 2.37 bits per heavy atom. The van der Waals surface area contributed by atoms with Crippen LogP contribution in [0.25, 0.3) is 0 Å². The molecule has 0 radical (unpaired) electrons. The number of para-hydroxylation sites is 1. The molecule has 2 aromatic carbocycles. The van der Waals surface area contributed by atoms with Crippen LogP contribution in [-0.2, 0) is 6.54 Å². The average Bonchev–Trinajstić information content (AvgIpc) is 3.23. The molecule has 6 nitrogen and oxygen atoms in total. The van der Waals surface area contributed by atoms with Crippen LogP contribution in [0, 0.1) is 0 Å². The molecule has 0 amide bonds. The number of ether oxygens (including phenoxy) is 1. The van der Waals surface area contributed by atoms with Crippen LogP contribution in [0.2, 0.25) is 0 Å². The number of nitrogens with one attached hydrogen (secondary N) is 2. The SMILES string of the molecule is c1ccc(Oc2ccc(Nc3cc(NCc4ccco4)ncn3)cc2)cc1. The molecular weight excluding hydrogens is 340 g/mol. The van der Waals surface area contributed by atoms with Gasteiger partial charge in [-0.15, -0.1) is 0 Å². The van der Waals surface area contributed by atoms with Crippen molar-refractivity contribution in [1.29, 1.82) is 0 Å². The standard InChI is InChI=1S/C21H18N4O2/c1-2-5-17(6-3-1)27-18-10-8-16(9-11-18)25-21-13-20(23-15-24-21)22-14-19-7-4-12-26-19/h1-13,15H,14H2,(H2,22,23,24,25). The van der Waals surface area contributed by atoms with Gasteiger partial charge < -0.3 is 19.8 Å². The summed E-state index contributed by atoms with van der Waals surface area (Å²) in [6.07, 6.45) is 3.16. The first-order valence-corrected chi connectivity index (χ1v) is 8.53. The largest absolute Gasteiger partial charge is 0.467 e. The first-order chi connectivity index (χ1) is 13.3. The molecule has 134 valence electrons. The molecule has 0 saturated carbocycles. The van der Waals surface area contributed by atoms with Gasteiger partial charge in [0.15, 0.2) is 0 Å². The highest BCUT2D eigenvalue weighted by molar-refractivity contribution is 5.59. The number of nitrogens with zero attached hydrogens (tertiary/aromatic N) is 2. The Morgan fingerprint density at radius 2 is 1.59 bits per heavy atom. The summed E-state index contributed by atoms with van der Waals surface area (Å²) in [4.78, 5) is 8.47. The van der Waals surface area contributed by atoms with Crippen LogP contribution in [0.3, 0.4) is 0 Å². The summed E-state index contributed by atoms with van der Waals surface area (Å²) in [6, 6.07) is 23.0. The van der Waals surface area contributed by atoms with Crippen LogP contribution in [0.5, 0.6) is 11.5 Å². The Hall–Kier alpha value is -3.80. The highest BCUT2D eigenvalue weighted by Crippen LogP contribution is 2.24. The monoisotopic (exact) mass is 358 g/mol. The molecule has 6 heteroatoms. The van der Waals surface area contributed by atoms with Crippen LogP contribution < -0.4 is 15.4 Å². The number of benzene rings is 2. The molecule has 4 rings (SSSR count). The molecule has 0 fully saturated rings. The van der Waals surface area contributed by atoms with Gasteiger partial charge in [-0.3, -0.25) is 0 Å². The molecule has 0 aliphatic heterocycles. The topological polar surface area (TPSA) is 72.2 Å². The maximum absolute atomic E-state index is 5.80. The zero-order valence-corrected chi connectivity index (χ0v) is 14.5. The van der Waals surface area contributed by atoms with Crippen LogP contribution in [-0.4, -0.2) is 9.97 Å². The van der Waals surface area contributed by atoms with E-state index in [1.54, 1.807) is 6.26 Å². The fourth-order valence-corrected chi connectivity index (χ4v) is 2.49. The Morgan fingerprint density at radius 1 is 0.815 bits per heavy atom. The molecule has 0 aliphatic carbocycles. The van der Waals surface area contributed by atoms with Crippen molar-refractivity contribution in [2.75, 3.05) is 10.6 Å². The first-order valence-electron chi connectivity index (χ1n) is 8.53. The fourth-order valence-electron chi connectivity index (χ4n) is 2.49. The Labute approximate surface area is 156 Å². The maximum atomic E-state index is 5.80. The summed E-state index contributed by atoms with van der Waals surface area (Å²) in [5.41, 5.74) is 0.908. The van der Waals surface area contributed by atoms with Gasteiger partial charge in [-0.25, -0.2) is 9.97 Å². The molecule has 0 unspecified atom stereocenters. The lowest BCUT2D eigenvalue weighted by atomic mass is 10.3. The van der Waals surface area contributed by atoms with Crippen molar-refractivity contribution in [3.8, 4) is 11.5 Å². The third-order valence-electron chi connectivity index (χ3n) is 3.80. The van der Waals surface area contributed by atoms with E-state index in [9.17, 15) is 0 Å². The van der Waals surface area contributed by atoms with Gasteiger partial charge in [-0.05, 0) is 48.5 Å². The quantitative estimate of drug-likeness (QED) is 0.472. The van der Waals surface area contributed by atoms with E-state index in [2.05, 4.69) is 20.6 Å². The number of hydrogen-bond donors (Lipinski definition) is 2. The second kappa shape index (κ2) is 8.05. The van der Waals surface area contributed by atoms with Crippen molar-refractivity contribution in [3.63, 3.8) is 0 Å². The fraction of sp³-hybridized carbons (Fsp3) is 0.0476. The minimum atomic E-state index is 0.564. The Balaban J connectivity index is 1.38. The van der Waals surface area contributed by atoms with E-state index in [1.165, 1.54) is 6.33 Å². The number of hydrogen-bond acceptors (Lipinski definition) is 6. The summed E-state index contributed by atoms with van der Waals surface area (Å²) in [6.45, 7) is 0.564. The van der Waals surface area contributed by atoms with Gasteiger partial charge in [0.2, 0.25) is 0 Å². The molecule has 2 N–H and O–H groups in total. The van der Waals surface area contributed by atoms with Crippen molar-refractivity contribution in [2.24, 2.45) is 0 Å². The smallest absolute Gasteiger partial charge is 0.135 e. The third kappa shape index (κ3) is 4.64. The second-order valence-electron chi connectivity index (χ2n) is 5.79. The van der Waals surface area contributed by atoms with E-state index < -0.39 is 0 Å². The predicted octanol–water partition coefficient (Wildman–Crippen LogP) is 5.22. The predicted molar refractivity (Wildman–Crippen MR) is 104 cm³/mol. The summed E-state index contributed by atoms with van der Waals surface area (Å²) >= 11 is 0. The van der Waals surface area contributed by atoms with Gasteiger partial charge in [0.05, 0.1) is 12.8 Å². The van der Waals surface area contributed by atoms with Gasteiger partial charge in [0.25, 0.3) is 0 Å². The maximum Gasteiger partial charge on any atom is 0.135 e. The van der Waals surface area contributed by atoms with Crippen molar-refractivity contribution in [1.82, 2.24) is 9.97 Å². The van der Waals surface area contributed by atoms with Gasteiger partial charge in [0.1, 0.15) is 35.2 Å². The minimum absolute atomic E-state index is 0.564. The summed E-state index contributed by atoms with van der Waals surface area (Å²) in [5, 5.41) is 6.46. The summed E-state index contributed by atoms with van der Waals surface area (Å²) in [5.74, 6) is 3.84. The number of rotatable bonds is 7. The lowest BCUT2D eigenvalue weighted by Crippen LogP contribution is -2.02. The molecule has 0 atom stereocenters. The summed E-state index contributed by atoms with van der Waals surface area (Å²) in [7, 11) is 0. The van der Waals surface area contributed by atoms with Gasteiger partial charge in [-0.1, -0.05) is 18.2 Å².